The number of nitrogens with two attached hydrogens (primary N) is 1. The van der Waals surface area contributed by atoms with Gasteiger partial charge in [-0.05, 0) is 25.3 Å². The van der Waals surface area contributed by atoms with Crippen molar-refractivity contribution in [1.82, 2.24) is 4.98 Å². The van der Waals surface area contributed by atoms with E-state index in [4.69, 9.17) is 5.73 Å². The van der Waals surface area contributed by atoms with Crippen LogP contribution in [0.3, 0.4) is 0 Å². The van der Waals surface area contributed by atoms with E-state index in [9.17, 15) is 0 Å². The number of aromatic nitrogens is 1. The molecule has 0 bridgehead atoms. The van der Waals surface area contributed by atoms with Crippen molar-refractivity contribution in [3.8, 4) is 0 Å². The zero-order chi connectivity index (χ0) is 12.4. The first-order valence-corrected chi connectivity index (χ1v) is 7.25. The molecule has 1 unspecified atom stereocenters. The van der Waals surface area contributed by atoms with Crippen LogP contribution >= 0.6 is 22.7 Å². The van der Waals surface area contributed by atoms with Gasteiger partial charge in [0.25, 0.3) is 0 Å². The van der Waals surface area contributed by atoms with Crippen molar-refractivity contribution >= 4 is 27.8 Å². The lowest BCUT2D eigenvalue weighted by Crippen LogP contribution is -2.20. The molecular weight excluding hydrogens is 250 g/mol. The fourth-order valence-electron chi connectivity index (χ4n) is 1.64. The first kappa shape index (κ1) is 12.5. The summed E-state index contributed by atoms with van der Waals surface area (Å²) in [5, 5.41) is 3.15. The van der Waals surface area contributed by atoms with Gasteiger partial charge in [0.05, 0.1) is 11.7 Å². The Hall–Kier alpha value is -0.910. The van der Waals surface area contributed by atoms with Gasteiger partial charge in [0.15, 0.2) is 5.13 Å². The van der Waals surface area contributed by atoms with E-state index in [2.05, 4.69) is 41.4 Å². The standard InChI is InChI=1S/C12H17N3S2/c1-8-11(7-13)17-12(14-8)15(3)9(2)10-5-4-6-16-10/h4-6,9H,7,13H2,1-3H3. The highest BCUT2D eigenvalue weighted by molar-refractivity contribution is 7.15. The first-order chi connectivity index (χ1) is 8.13. The molecule has 2 aromatic rings. The lowest BCUT2D eigenvalue weighted by Gasteiger charge is -2.23. The summed E-state index contributed by atoms with van der Waals surface area (Å²) in [5.41, 5.74) is 6.74. The molecule has 0 aliphatic heterocycles. The monoisotopic (exact) mass is 267 g/mol. The van der Waals surface area contributed by atoms with Gasteiger partial charge in [-0.15, -0.1) is 22.7 Å². The summed E-state index contributed by atoms with van der Waals surface area (Å²) < 4.78 is 0. The molecule has 0 aromatic carbocycles. The van der Waals surface area contributed by atoms with Crippen LogP contribution in [-0.4, -0.2) is 12.0 Å². The topological polar surface area (TPSA) is 42.2 Å². The highest BCUT2D eigenvalue weighted by Gasteiger charge is 2.17. The minimum absolute atomic E-state index is 0.353. The van der Waals surface area contributed by atoms with E-state index in [0.29, 0.717) is 12.6 Å². The minimum Gasteiger partial charge on any atom is -0.344 e. The smallest absolute Gasteiger partial charge is 0.186 e. The lowest BCUT2D eigenvalue weighted by molar-refractivity contribution is 0.749. The largest absolute Gasteiger partial charge is 0.344 e. The van der Waals surface area contributed by atoms with Crippen molar-refractivity contribution in [3.63, 3.8) is 0 Å². The van der Waals surface area contributed by atoms with Crippen molar-refractivity contribution in [2.45, 2.75) is 26.4 Å². The van der Waals surface area contributed by atoms with Gasteiger partial charge in [-0.25, -0.2) is 4.98 Å². The number of thiophene rings is 1. The van der Waals surface area contributed by atoms with Crippen LogP contribution in [0.5, 0.6) is 0 Å². The molecule has 0 spiro atoms. The zero-order valence-electron chi connectivity index (χ0n) is 10.3. The van der Waals surface area contributed by atoms with E-state index in [-0.39, 0.29) is 0 Å². The van der Waals surface area contributed by atoms with Gasteiger partial charge in [0.2, 0.25) is 0 Å². The number of rotatable bonds is 4. The molecule has 1 atom stereocenters. The van der Waals surface area contributed by atoms with E-state index in [1.807, 2.05) is 6.92 Å². The SMILES string of the molecule is Cc1nc(N(C)C(C)c2cccs2)sc1CN. The van der Waals surface area contributed by atoms with E-state index in [1.54, 1.807) is 22.7 Å². The summed E-state index contributed by atoms with van der Waals surface area (Å²) >= 11 is 3.47. The van der Waals surface area contributed by atoms with Crippen molar-refractivity contribution < 1.29 is 0 Å². The Morgan fingerprint density at radius 3 is 2.82 bits per heavy atom. The van der Waals surface area contributed by atoms with Crippen molar-refractivity contribution in [2.75, 3.05) is 11.9 Å². The molecule has 0 saturated heterocycles. The predicted octanol–water partition coefficient (Wildman–Crippen LogP) is 3.17. The van der Waals surface area contributed by atoms with Crippen LogP contribution in [0.2, 0.25) is 0 Å². The average molecular weight is 267 g/mol. The maximum atomic E-state index is 5.69. The molecule has 5 heteroatoms. The third kappa shape index (κ3) is 2.51. The molecule has 0 radical (unpaired) electrons. The van der Waals surface area contributed by atoms with Gasteiger partial charge < -0.3 is 10.6 Å². The minimum atomic E-state index is 0.353. The van der Waals surface area contributed by atoms with Crippen LogP contribution in [0, 0.1) is 6.92 Å². The Morgan fingerprint density at radius 2 is 2.29 bits per heavy atom. The van der Waals surface area contributed by atoms with Crippen LogP contribution in [0.15, 0.2) is 17.5 Å². The van der Waals surface area contributed by atoms with Crippen LogP contribution in [0.25, 0.3) is 0 Å². The highest BCUT2D eigenvalue weighted by Crippen LogP contribution is 2.32. The van der Waals surface area contributed by atoms with Gasteiger partial charge in [0.1, 0.15) is 0 Å². The number of thiazole rings is 1. The molecule has 0 aliphatic carbocycles. The highest BCUT2D eigenvalue weighted by atomic mass is 32.1. The van der Waals surface area contributed by atoms with Crippen LogP contribution in [0.4, 0.5) is 5.13 Å². The van der Waals surface area contributed by atoms with Crippen LogP contribution in [-0.2, 0) is 6.54 Å². The number of hydrogen-bond acceptors (Lipinski definition) is 5. The summed E-state index contributed by atoms with van der Waals surface area (Å²) in [6, 6.07) is 4.60. The molecule has 0 fully saturated rings. The quantitative estimate of drug-likeness (QED) is 0.925. The summed E-state index contributed by atoms with van der Waals surface area (Å²) in [5.74, 6) is 0. The Bertz CT molecular complexity index is 476. The van der Waals surface area contributed by atoms with Crippen molar-refractivity contribution in [2.24, 2.45) is 5.73 Å². The fourth-order valence-corrected chi connectivity index (χ4v) is 3.45. The Morgan fingerprint density at radius 1 is 1.53 bits per heavy atom. The molecule has 3 nitrogen and oxygen atoms in total. The molecule has 2 heterocycles. The van der Waals surface area contributed by atoms with Crippen molar-refractivity contribution in [3.05, 3.63) is 33.0 Å². The molecule has 2 N–H and O–H groups in total. The molecule has 2 aromatic heterocycles. The number of aryl methyl sites for hydroxylation is 1. The Kier molecular flexibility index (Phi) is 3.81. The fraction of sp³-hybridized carbons (Fsp3) is 0.417. The second kappa shape index (κ2) is 5.16. The van der Waals surface area contributed by atoms with Gasteiger partial charge in [-0.1, -0.05) is 6.07 Å². The lowest BCUT2D eigenvalue weighted by atomic mass is 10.2. The molecule has 0 amide bonds. The maximum absolute atomic E-state index is 5.69. The van der Waals surface area contributed by atoms with Gasteiger partial charge in [0, 0.05) is 23.3 Å². The summed E-state index contributed by atoms with van der Waals surface area (Å²) in [6.07, 6.45) is 0. The Balaban J connectivity index is 2.21. The number of hydrogen-bond donors (Lipinski definition) is 1. The van der Waals surface area contributed by atoms with Crippen LogP contribution in [0.1, 0.15) is 28.4 Å². The number of anilines is 1. The third-order valence-corrected chi connectivity index (χ3v) is 5.22. The molecule has 92 valence electrons. The third-order valence-electron chi connectivity index (χ3n) is 2.90. The van der Waals surface area contributed by atoms with Gasteiger partial charge >= 0.3 is 0 Å². The van der Waals surface area contributed by atoms with Crippen molar-refractivity contribution in [1.29, 1.82) is 0 Å². The first-order valence-electron chi connectivity index (χ1n) is 5.56. The van der Waals surface area contributed by atoms with Gasteiger partial charge in [-0.3, -0.25) is 0 Å². The second-order valence-corrected chi connectivity index (χ2v) is 6.05. The van der Waals surface area contributed by atoms with E-state index in [0.717, 1.165) is 10.8 Å². The second-order valence-electron chi connectivity index (χ2n) is 4.01. The molecule has 2 rings (SSSR count). The van der Waals surface area contributed by atoms with Gasteiger partial charge in [-0.2, -0.15) is 0 Å². The van der Waals surface area contributed by atoms with Crippen LogP contribution < -0.4 is 10.6 Å². The van der Waals surface area contributed by atoms with E-state index in [1.165, 1.54) is 9.75 Å². The Labute approximate surface area is 110 Å². The van der Waals surface area contributed by atoms with E-state index >= 15 is 0 Å². The molecule has 0 aliphatic rings. The molecule has 0 saturated carbocycles. The molecule has 17 heavy (non-hydrogen) atoms. The van der Waals surface area contributed by atoms with E-state index < -0.39 is 0 Å². The summed E-state index contributed by atoms with van der Waals surface area (Å²) in [7, 11) is 2.09. The molecular formula is C12H17N3S2. The zero-order valence-corrected chi connectivity index (χ0v) is 11.9. The predicted molar refractivity (Wildman–Crippen MR) is 75.9 cm³/mol. The summed E-state index contributed by atoms with van der Waals surface area (Å²) in [4.78, 5) is 9.32. The number of nitrogens with zero attached hydrogens (tertiary/aromatic N) is 2. The normalized spacial score (nSPS) is 12.7. The average Bonchev–Trinajstić information content (AvgIpc) is 2.95. The summed E-state index contributed by atoms with van der Waals surface area (Å²) in [6.45, 7) is 4.79. The maximum Gasteiger partial charge on any atom is 0.186 e.